The molecule has 10 heteroatoms. The van der Waals surface area contributed by atoms with E-state index >= 15 is 0 Å². The monoisotopic (exact) mass is 519 g/mol. The minimum atomic E-state index is -2.02. The van der Waals surface area contributed by atoms with Gasteiger partial charge in [-0.3, -0.25) is 4.57 Å². The first kappa shape index (κ1) is 28.0. The Hall–Kier alpha value is -1.60. The van der Waals surface area contributed by atoms with Crippen molar-refractivity contribution in [1.82, 2.24) is 19.5 Å². The molecule has 8 nitrogen and oxygen atoms in total. The molecule has 2 aromatic rings. The Morgan fingerprint density at radius 3 is 2.29 bits per heavy atom. The van der Waals surface area contributed by atoms with Gasteiger partial charge in [-0.15, -0.1) is 0 Å². The Labute approximate surface area is 212 Å². The molecule has 1 aliphatic rings. The van der Waals surface area contributed by atoms with Gasteiger partial charge >= 0.3 is 0 Å². The Kier molecular flexibility index (Phi) is 7.75. The minimum absolute atomic E-state index is 0.0719. The first-order valence-corrected chi connectivity index (χ1v) is 18.4. The number of aromatic nitrogens is 4. The topological polar surface area (TPSA) is 97.3 Å². The zero-order chi connectivity index (χ0) is 26.4. The number of hydrogen-bond donors (Lipinski definition) is 1. The molecular formula is C25H45N5O3Si2. The molecule has 3 rings (SSSR count). The van der Waals surface area contributed by atoms with Crippen molar-refractivity contribution in [3.63, 3.8) is 0 Å². The maximum absolute atomic E-state index is 6.90. The lowest BCUT2D eigenvalue weighted by molar-refractivity contribution is -0.0383. The van der Waals surface area contributed by atoms with Gasteiger partial charge in [-0.1, -0.05) is 47.6 Å². The molecule has 196 valence electrons. The summed E-state index contributed by atoms with van der Waals surface area (Å²) in [6, 6.07) is 0. The Bertz CT molecular complexity index is 1070. The summed E-state index contributed by atoms with van der Waals surface area (Å²) in [5.41, 5.74) is 8.12. The summed E-state index contributed by atoms with van der Waals surface area (Å²) >= 11 is 0. The van der Waals surface area contributed by atoms with Crippen molar-refractivity contribution in [2.24, 2.45) is 0 Å². The summed E-state index contributed by atoms with van der Waals surface area (Å²) < 4.78 is 22.1. The van der Waals surface area contributed by atoms with Crippen molar-refractivity contribution in [2.75, 3.05) is 12.3 Å². The molecule has 2 N–H and O–H groups in total. The van der Waals surface area contributed by atoms with Crippen molar-refractivity contribution in [3.8, 4) is 0 Å². The van der Waals surface area contributed by atoms with E-state index in [9.17, 15) is 0 Å². The second-order valence-electron chi connectivity index (χ2n) is 12.6. The molecule has 0 radical (unpaired) electrons. The lowest BCUT2D eigenvalue weighted by Crippen LogP contribution is -2.48. The van der Waals surface area contributed by atoms with Crippen LogP contribution in [0.25, 0.3) is 17.2 Å². The standard InChI is InChI=1S/C25H45N5O3Si2/c1-12-13-17-21-22(29-23(26)28-17)30(16-27-21)20-14-18(33-35(10,11)25(5,6)7)19(32-20)15-31-34(8,9)24(2,3)4/h12-13,16,18-20H,14-15H2,1-11H3,(H2,26,28,29)/b13-12+/t18-,19+,20+/m0/s1. The van der Waals surface area contributed by atoms with Gasteiger partial charge in [0.2, 0.25) is 5.95 Å². The molecule has 0 spiro atoms. The van der Waals surface area contributed by atoms with E-state index < -0.39 is 16.6 Å². The first-order chi connectivity index (χ1) is 16.0. The predicted molar refractivity (Wildman–Crippen MR) is 148 cm³/mol. The number of hydrogen-bond acceptors (Lipinski definition) is 7. The van der Waals surface area contributed by atoms with Gasteiger partial charge in [0.05, 0.1) is 24.7 Å². The van der Waals surface area contributed by atoms with Crippen LogP contribution in [0.3, 0.4) is 0 Å². The van der Waals surface area contributed by atoms with Gasteiger partial charge in [0, 0.05) is 6.42 Å². The van der Waals surface area contributed by atoms with Gasteiger partial charge in [-0.05, 0) is 49.3 Å². The molecule has 1 fully saturated rings. The molecule has 1 aliphatic heterocycles. The largest absolute Gasteiger partial charge is 0.414 e. The van der Waals surface area contributed by atoms with E-state index in [1.807, 2.05) is 23.6 Å². The number of rotatable bonds is 7. The normalized spacial score (nSPS) is 22.5. The molecule has 0 saturated carbocycles. The van der Waals surface area contributed by atoms with Crippen LogP contribution < -0.4 is 5.73 Å². The number of ether oxygens (including phenoxy) is 1. The van der Waals surface area contributed by atoms with Crippen molar-refractivity contribution in [3.05, 3.63) is 18.1 Å². The highest BCUT2D eigenvalue weighted by Gasteiger charge is 2.46. The molecular weight excluding hydrogens is 474 g/mol. The first-order valence-electron chi connectivity index (χ1n) is 12.6. The molecule has 3 atom stereocenters. The van der Waals surface area contributed by atoms with E-state index in [1.54, 1.807) is 6.33 Å². The number of anilines is 1. The van der Waals surface area contributed by atoms with Crippen LogP contribution >= 0.6 is 0 Å². The summed E-state index contributed by atoms with van der Waals surface area (Å²) in [6.45, 7) is 25.1. The van der Waals surface area contributed by atoms with E-state index in [4.69, 9.17) is 19.3 Å². The Morgan fingerprint density at radius 2 is 1.71 bits per heavy atom. The number of allylic oxidation sites excluding steroid dienone is 1. The summed E-state index contributed by atoms with van der Waals surface area (Å²) in [5.74, 6) is 0.220. The SMILES string of the molecule is C/C=C/c1nc(N)nc2c1ncn2[C@H]1C[C@H](O[Si](C)(C)C(C)(C)C)[C@@H](CO[Si](C)(C)C(C)(C)C)O1. The molecule has 0 aromatic carbocycles. The van der Waals surface area contributed by atoms with E-state index in [0.717, 1.165) is 0 Å². The van der Waals surface area contributed by atoms with Gasteiger partial charge in [-0.25, -0.2) is 9.97 Å². The van der Waals surface area contributed by atoms with Crippen molar-refractivity contribution < 1.29 is 13.6 Å². The smallest absolute Gasteiger partial charge is 0.222 e. The molecule has 2 aromatic heterocycles. The maximum atomic E-state index is 6.90. The fourth-order valence-corrected chi connectivity index (χ4v) is 6.02. The summed E-state index contributed by atoms with van der Waals surface area (Å²) in [6.07, 6.45) is 5.78. The lowest BCUT2D eigenvalue weighted by atomic mass is 10.2. The maximum Gasteiger partial charge on any atom is 0.222 e. The number of nitrogen functional groups attached to an aromatic ring is 1. The molecule has 0 unspecified atom stereocenters. The van der Waals surface area contributed by atoms with Crippen LogP contribution in [0, 0.1) is 0 Å². The van der Waals surface area contributed by atoms with Gasteiger partial charge < -0.3 is 19.3 Å². The van der Waals surface area contributed by atoms with Crippen molar-refractivity contribution in [1.29, 1.82) is 0 Å². The third kappa shape index (κ3) is 5.88. The van der Waals surface area contributed by atoms with Crippen LogP contribution in [-0.4, -0.2) is 55.0 Å². The molecule has 1 saturated heterocycles. The summed E-state index contributed by atoms with van der Waals surface area (Å²) in [7, 11) is -3.97. The van der Waals surface area contributed by atoms with E-state index in [0.29, 0.717) is 29.9 Å². The third-order valence-corrected chi connectivity index (χ3v) is 17.0. The number of fused-ring (bicyclic) bond motifs is 1. The van der Waals surface area contributed by atoms with Crippen LogP contribution in [0.5, 0.6) is 0 Å². The summed E-state index contributed by atoms with van der Waals surface area (Å²) in [5, 5.41) is 0.222. The third-order valence-electron chi connectivity index (χ3n) is 7.95. The van der Waals surface area contributed by atoms with Crippen LogP contribution in [0.15, 0.2) is 12.4 Å². The Morgan fingerprint density at radius 1 is 1.09 bits per heavy atom. The van der Waals surface area contributed by atoms with Crippen molar-refractivity contribution >= 4 is 39.8 Å². The second-order valence-corrected chi connectivity index (χ2v) is 22.2. The van der Waals surface area contributed by atoms with Crippen molar-refractivity contribution in [2.45, 2.75) is 110 Å². The van der Waals surface area contributed by atoms with E-state index in [-0.39, 0.29) is 34.5 Å². The fraction of sp³-hybridized carbons (Fsp3) is 0.720. The molecule has 0 bridgehead atoms. The van der Waals surface area contributed by atoms with Gasteiger partial charge in [0.25, 0.3) is 0 Å². The highest BCUT2D eigenvalue weighted by Crippen LogP contribution is 2.43. The number of imidazole rings is 1. The average Bonchev–Trinajstić information content (AvgIpc) is 3.28. The highest BCUT2D eigenvalue weighted by molar-refractivity contribution is 6.74. The second kappa shape index (κ2) is 9.70. The van der Waals surface area contributed by atoms with Crippen LogP contribution in [0.4, 0.5) is 5.95 Å². The fourth-order valence-electron chi connectivity index (χ4n) is 3.65. The zero-order valence-electron chi connectivity index (χ0n) is 23.5. The molecule has 0 amide bonds. The molecule has 0 aliphatic carbocycles. The number of nitrogens with two attached hydrogens (primary N) is 1. The van der Waals surface area contributed by atoms with E-state index in [1.165, 1.54) is 0 Å². The van der Waals surface area contributed by atoms with E-state index in [2.05, 4.69) is 82.7 Å². The van der Waals surface area contributed by atoms with Gasteiger partial charge in [0.15, 0.2) is 22.3 Å². The quantitative estimate of drug-likeness (QED) is 0.439. The Balaban J connectivity index is 1.93. The number of nitrogens with zero attached hydrogens (tertiary/aromatic N) is 4. The lowest BCUT2D eigenvalue weighted by Gasteiger charge is -2.40. The zero-order valence-corrected chi connectivity index (χ0v) is 25.5. The van der Waals surface area contributed by atoms with Crippen LogP contribution in [-0.2, 0) is 13.6 Å². The van der Waals surface area contributed by atoms with Gasteiger partial charge in [0.1, 0.15) is 17.8 Å². The minimum Gasteiger partial charge on any atom is -0.414 e. The highest BCUT2D eigenvalue weighted by atomic mass is 28.4. The van der Waals surface area contributed by atoms with Gasteiger partial charge in [-0.2, -0.15) is 4.98 Å². The molecule has 3 heterocycles. The van der Waals surface area contributed by atoms with Crippen LogP contribution in [0.1, 0.15) is 66.8 Å². The average molecular weight is 520 g/mol. The predicted octanol–water partition coefficient (Wildman–Crippen LogP) is 6.14. The van der Waals surface area contributed by atoms with Crippen LogP contribution in [0.2, 0.25) is 36.3 Å². The summed E-state index contributed by atoms with van der Waals surface area (Å²) in [4.78, 5) is 13.4. The molecule has 35 heavy (non-hydrogen) atoms.